The van der Waals surface area contributed by atoms with Gasteiger partial charge < -0.3 is 15.4 Å². The summed E-state index contributed by atoms with van der Waals surface area (Å²) in [6.07, 6.45) is 0. The number of carbonyl (C=O) groups excluding carboxylic acids is 3. The van der Waals surface area contributed by atoms with E-state index >= 15 is 0 Å². The van der Waals surface area contributed by atoms with Crippen LogP contribution >= 0.6 is 0 Å². The van der Waals surface area contributed by atoms with Crippen LogP contribution in [-0.4, -0.2) is 29.3 Å². The Hall–Kier alpha value is -4.13. The second kappa shape index (κ2) is 8.78. The molecule has 1 fully saturated rings. The summed E-state index contributed by atoms with van der Waals surface area (Å²) in [5, 5.41) is 5.49. The maximum atomic E-state index is 13.2. The van der Waals surface area contributed by atoms with Crippen molar-refractivity contribution in [1.29, 1.82) is 0 Å². The van der Waals surface area contributed by atoms with Gasteiger partial charge in [-0.1, -0.05) is 54.1 Å². The molecule has 1 aliphatic rings. The van der Waals surface area contributed by atoms with Crippen LogP contribution in [0.5, 0.6) is 11.5 Å². The third kappa shape index (κ3) is 4.43. The molecule has 0 spiro atoms. The molecule has 1 heterocycles. The Kier molecular flexibility index (Phi) is 5.87. The van der Waals surface area contributed by atoms with E-state index in [2.05, 4.69) is 10.6 Å². The first-order valence-corrected chi connectivity index (χ1v) is 10.6. The SMILES string of the molecule is Cc1ccc(Oc2ccccc2NC(=O)CN2C(=O)NC(C)(c3ccccc3C)C2=O)cc1. The molecule has 4 rings (SSSR count). The zero-order chi connectivity index (χ0) is 23.6. The van der Waals surface area contributed by atoms with Gasteiger partial charge in [-0.25, -0.2) is 4.79 Å². The van der Waals surface area contributed by atoms with Crippen molar-refractivity contribution in [2.24, 2.45) is 0 Å². The Labute approximate surface area is 192 Å². The van der Waals surface area contributed by atoms with E-state index in [-0.39, 0.29) is 0 Å². The number of benzene rings is 3. The summed E-state index contributed by atoms with van der Waals surface area (Å²) >= 11 is 0. The average Bonchev–Trinajstić information content (AvgIpc) is 3.00. The Balaban J connectivity index is 1.48. The van der Waals surface area contributed by atoms with Gasteiger partial charge in [-0.05, 0) is 56.2 Å². The van der Waals surface area contributed by atoms with Gasteiger partial charge >= 0.3 is 6.03 Å². The van der Waals surface area contributed by atoms with Crippen molar-refractivity contribution in [3.05, 3.63) is 89.5 Å². The van der Waals surface area contributed by atoms with Crippen LogP contribution in [0.4, 0.5) is 10.5 Å². The predicted molar refractivity (Wildman–Crippen MR) is 125 cm³/mol. The van der Waals surface area contributed by atoms with Crippen LogP contribution in [0.2, 0.25) is 0 Å². The second-order valence-electron chi connectivity index (χ2n) is 8.22. The van der Waals surface area contributed by atoms with Gasteiger partial charge in [-0.3, -0.25) is 14.5 Å². The van der Waals surface area contributed by atoms with Crippen molar-refractivity contribution in [2.75, 3.05) is 11.9 Å². The lowest BCUT2D eigenvalue weighted by atomic mass is 9.88. The van der Waals surface area contributed by atoms with Crippen LogP contribution in [0.25, 0.3) is 0 Å². The average molecular weight is 444 g/mol. The fourth-order valence-corrected chi connectivity index (χ4v) is 3.88. The number of amides is 4. The number of aryl methyl sites for hydroxylation is 2. The highest BCUT2D eigenvalue weighted by Gasteiger charge is 2.50. The monoisotopic (exact) mass is 443 g/mol. The Morgan fingerprint density at radius 1 is 0.970 bits per heavy atom. The van der Waals surface area contributed by atoms with E-state index in [9.17, 15) is 14.4 Å². The maximum Gasteiger partial charge on any atom is 0.325 e. The number of hydrogen-bond acceptors (Lipinski definition) is 4. The second-order valence-corrected chi connectivity index (χ2v) is 8.22. The minimum atomic E-state index is -1.23. The van der Waals surface area contributed by atoms with E-state index in [4.69, 9.17) is 4.74 Å². The first kappa shape index (κ1) is 22.1. The van der Waals surface area contributed by atoms with E-state index in [1.165, 1.54) is 0 Å². The molecule has 1 aliphatic heterocycles. The first-order chi connectivity index (χ1) is 15.8. The van der Waals surface area contributed by atoms with Gasteiger partial charge in [-0.15, -0.1) is 0 Å². The number of imide groups is 1. The molecule has 0 saturated carbocycles. The summed E-state index contributed by atoms with van der Waals surface area (Å²) in [5.74, 6) is 0.107. The molecule has 3 aromatic carbocycles. The molecule has 2 N–H and O–H groups in total. The molecule has 4 amide bonds. The van der Waals surface area contributed by atoms with E-state index < -0.39 is 29.9 Å². The van der Waals surface area contributed by atoms with Crippen molar-refractivity contribution < 1.29 is 19.1 Å². The number of para-hydroxylation sites is 2. The molecule has 7 nitrogen and oxygen atoms in total. The summed E-state index contributed by atoms with van der Waals surface area (Å²) < 4.78 is 5.91. The number of carbonyl (C=O) groups is 3. The van der Waals surface area contributed by atoms with Crippen molar-refractivity contribution in [3.63, 3.8) is 0 Å². The van der Waals surface area contributed by atoms with Crippen LogP contribution in [0.1, 0.15) is 23.6 Å². The molecule has 0 bridgehead atoms. The zero-order valence-corrected chi connectivity index (χ0v) is 18.7. The summed E-state index contributed by atoms with van der Waals surface area (Å²) in [5.41, 5.74) is 1.90. The summed E-state index contributed by atoms with van der Waals surface area (Å²) in [4.78, 5) is 39.5. The number of ether oxygens (including phenoxy) is 1. The smallest absolute Gasteiger partial charge is 0.325 e. The van der Waals surface area contributed by atoms with Crippen LogP contribution in [-0.2, 0) is 15.1 Å². The Morgan fingerprint density at radius 3 is 2.36 bits per heavy atom. The summed E-state index contributed by atoms with van der Waals surface area (Å²) in [6.45, 7) is 5.10. The van der Waals surface area contributed by atoms with E-state index in [0.717, 1.165) is 16.0 Å². The molecule has 3 aromatic rings. The number of urea groups is 1. The highest BCUT2D eigenvalue weighted by Crippen LogP contribution is 2.32. The minimum absolute atomic E-state index is 0.412. The molecule has 0 aromatic heterocycles. The fourth-order valence-electron chi connectivity index (χ4n) is 3.88. The number of anilines is 1. The third-order valence-electron chi connectivity index (χ3n) is 5.67. The zero-order valence-electron chi connectivity index (χ0n) is 18.7. The number of hydrogen-bond donors (Lipinski definition) is 2. The molecule has 0 aliphatic carbocycles. The summed E-state index contributed by atoms with van der Waals surface area (Å²) in [7, 11) is 0. The molecule has 7 heteroatoms. The van der Waals surface area contributed by atoms with Gasteiger partial charge in [0.15, 0.2) is 5.75 Å². The lowest BCUT2D eigenvalue weighted by Gasteiger charge is -2.24. The molecule has 0 radical (unpaired) electrons. The van der Waals surface area contributed by atoms with Gasteiger partial charge in [-0.2, -0.15) is 0 Å². The van der Waals surface area contributed by atoms with Gasteiger partial charge in [0, 0.05) is 0 Å². The van der Waals surface area contributed by atoms with Gasteiger partial charge in [0.25, 0.3) is 5.91 Å². The minimum Gasteiger partial charge on any atom is -0.455 e. The molecule has 1 unspecified atom stereocenters. The van der Waals surface area contributed by atoms with Crippen LogP contribution in [0, 0.1) is 13.8 Å². The van der Waals surface area contributed by atoms with Crippen LogP contribution in [0.15, 0.2) is 72.8 Å². The van der Waals surface area contributed by atoms with Crippen molar-refractivity contribution >= 4 is 23.5 Å². The van der Waals surface area contributed by atoms with Gasteiger partial charge in [0.1, 0.15) is 17.8 Å². The lowest BCUT2D eigenvalue weighted by molar-refractivity contribution is -0.133. The molecular weight excluding hydrogens is 418 g/mol. The lowest BCUT2D eigenvalue weighted by Crippen LogP contribution is -2.42. The summed E-state index contributed by atoms with van der Waals surface area (Å²) in [6, 6.07) is 21.3. The quantitative estimate of drug-likeness (QED) is 0.549. The van der Waals surface area contributed by atoms with Crippen molar-refractivity contribution in [2.45, 2.75) is 26.3 Å². The maximum absolute atomic E-state index is 13.2. The number of rotatable bonds is 6. The van der Waals surface area contributed by atoms with Crippen molar-refractivity contribution in [3.8, 4) is 11.5 Å². The highest BCUT2D eigenvalue weighted by molar-refractivity contribution is 6.10. The standard InChI is InChI=1S/C26H25N3O4/c1-17-12-14-19(15-13-17)33-22-11-7-6-10-21(22)27-23(30)16-29-24(31)26(3,28-25(29)32)20-9-5-4-8-18(20)2/h4-15H,16H2,1-3H3,(H,27,30)(H,28,32). The number of nitrogens with zero attached hydrogens (tertiary/aromatic N) is 1. The van der Waals surface area contributed by atoms with E-state index in [1.54, 1.807) is 37.3 Å². The molecular formula is C26H25N3O4. The first-order valence-electron chi connectivity index (χ1n) is 10.6. The van der Waals surface area contributed by atoms with E-state index in [1.807, 2.05) is 56.3 Å². The molecule has 168 valence electrons. The molecule has 1 saturated heterocycles. The number of nitrogens with one attached hydrogen (secondary N) is 2. The molecule has 33 heavy (non-hydrogen) atoms. The molecule has 1 atom stereocenters. The Morgan fingerprint density at radius 2 is 1.64 bits per heavy atom. The van der Waals surface area contributed by atoms with Crippen molar-refractivity contribution in [1.82, 2.24) is 10.2 Å². The largest absolute Gasteiger partial charge is 0.455 e. The normalized spacial score (nSPS) is 17.6. The van der Waals surface area contributed by atoms with Crippen LogP contribution in [0.3, 0.4) is 0 Å². The highest BCUT2D eigenvalue weighted by atomic mass is 16.5. The predicted octanol–water partition coefficient (Wildman–Crippen LogP) is 4.50. The third-order valence-corrected chi connectivity index (χ3v) is 5.67. The van der Waals surface area contributed by atoms with Gasteiger partial charge in [0.05, 0.1) is 5.69 Å². The van der Waals surface area contributed by atoms with Crippen LogP contribution < -0.4 is 15.4 Å². The fraction of sp³-hybridized carbons (Fsp3) is 0.192. The van der Waals surface area contributed by atoms with E-state index in [0.29, 0.717) is 22.7 Å². The topological polar surface area (TPSA) is 87.7 Å². The Bertz CT molecular complexity index is 1220. The van der Waals surface area contributed by atoms with Gasteiger partial charge in [0.2, 0.25) is 5.91 Å².